The van der Waals surface area contributed by atoms with Crippen molar-refractivity contribution in [2.75, 3.05) is 6.61 Å². The summed E-state index contributed by atoms with van der Waals surface area (Å²) in [5.41, 5.74) is 2.81. The van der Waals surface area contributed by atoms with E-state index in [9.17, 15) is 4.79 Å². The molecule has 0 bridgehead atoms. The van der Waals surface area contributed by atoms with Gasteiger partial charge in [-0.25, -0.2) is 0 Å². The van der Waals surface area contributed by atoms with Crippen molar-refractivity contribution >= 4 is 15.9 Å². The van der Waals surface area contributed by atoms with Gasteiger partial charge in [-0.3, -0.25) is 4.79 Å². The Bertz CT molecular complexity index is 742. The first-order valence-corrected chi connectivity index (χ1v) is 9.59. The molecule has 0 fully saturated rings. The Labute approximate surface area is 188 Å². The second-order valence-corrected chi connectivity index (χ2v) is 6.77. The zero-order valence-corrected chi connectivity index (χ0v) is 20.8. The number of hydrogen-bond donors (Lipinski definition) is 0. The van der Waals surface area contributed by atoms with Crippen molar-refractivity contribution in [3.63, 3.8) is 0 Å². The fourth-order valence-corrected chi connectivity index (χ4v) is 3.50. The summed E-state index contributed by atoms with van der Waals surface area (Å²) in [5, 5.41) is 0. The van der Waals surface area contributed by atoms with E-state index in [1.165, 1.54) is 0 Å². The Balaban J connectivity index is 0.00000210. The van der Waals surface area contributed by atoms with Gasteiger partial charge in [0.2, 0.25) is 0 Å². The molecule has 0 aromatic heterocycles. The smallest absolute Gasteiger partial charge is 0.305 e. The van der Waals surface area contributed by atoms with Crippen LogP contribution in [0, 0.1) is 0 Å². The number of unbranched alkanes of at least 4 members (excludes halogenated alkanes) is 1. The molecule has 2 nitrogen and oxygen atoms in total. The number of carbonyl (C=O) groups excluding carboxylic acids is 1. The molecule has 0 amide bonds. The molecule has 3 rings (SSSR count). The average Bonchev–Trinajstić information content (AvgIpc) is 2.75. The zero-order valence-electron chi connectivity index (χ0n) is 17.2. The molecule has 0 aliphatic carbocycles. The standard InChI is InChI=1S/C25H26O2.BrH.H3P/c1-2-3-19-24(26)27-20-25(21-13-7-4-8-14-21,22-15-9-5-10-16-22)23-17-11-6-12-18-23;;/h4-18H,2-3,19-20H2,1H3;1H;1H3. The lowest BCUT2D eigenvalue weighted by Crippen LogP contribution is -3.00. The van der Waals surface area contributed by atoms with Crippen LogP contribution >= 0.6 is 9.90 Å². The van der Waals surface area contributed by atoms with Crippen molar-refractivity contribution < 1.29 is 26.5 Å². The lowest BCUT2D eigenvalue weighted by molar-refractivity contribution is -0.144. The highest BCUT2D eigenvalue weighted by molar-refractivity contribution is 6.92. The Hall–Kier alpha value is -1.96. The van der Waals surface area contributed by atoms with Crippen LogP contribution in [-0.4, -0.2) is 12.6 Å². The van der Waals surface area contributed by atoms with E-state index in [0.717, 1.165) is 29.5 Å². The molecular weight excluding hydrogens is 443 g/mol. The van der Waals surface area contributed by atoms with E-state index in [-0.39, 0.29) is 39.5 Å². The highest BCUT2D eigenvalue weighted by atomic mass is 79.9. The van der Waals surface area contributed by atoms with E-state index in [0.29, 0.717) is 6.42 Å². The maximum absolute atomic E-state index is 12.3. The van der Waals surface area contributed by atoms with Crippen LogP contribution in [0.1, 0.15) is 42.9 Å². The highest BCUT2D eigenvalue weighted by Crippen LogP contribution is 2.39. The van der Waals surface area contributed by atoms with Gasteiger partial charge in [0.25, 0.3) is 0 Å². The van der Waals surface area contributed by atoms with Gasteiger partial charge in [-0.05, 0) is 33.0 Å². The average molecular weight is 473 g/mol. The van der Waals surface area contributed by atoms with E-state index in [1.54, 1.807) is 0 Å². The van der Waals surface area contributed by atoms with Crippen molar-refractivity contribution in [3.05, 3.63) is 108 Å². The number of rotatable bonds is 8. The van der Waals surface area contributed by atoms with Crippen LogP contribution in [0.3, 0.4) is 0 Å². The molecular formula is C25H30BrO2P. The Morgan fingerprint density at radius 3 is 1.48 bits per heavy atom. The molecule has 0 aliphatic heterocycles. The molecule has 0 heterocycles. The van der Waals surface area contributed by atoms with Gasteiger partial charge in [0.05, 0.1) is 5.41 Å². The molecule has 0 aliphatic rings. The normalized spacial score (nSPS) is 10.4. The fourth-order valence-electron chi connectivity index (χ4n) is 3.50. The molecule has 1 unspecified atom stereocenters. The van der Waals surface area contributed by atoms with Crippen LogP contribution in [-0.2, 0) is 14.9 Å². The summed E-state index contributed by atoms with van der Waals surface area (Å²) in [6.07, 6.45) is 2.30. The van der Waals surface area contributed by atoms with Crippen molar-refractivity contribution in [1.29, 1.82) is 0 Å². The van der Waals surface area contributed by atoms with Gasteiger partial charge in [-0.15, -0.1) is 0 Å². The van der Waals surface area contributed by atoms with Gasteiger partial charge in [-0.1, -0.05) is 104 Å². The van der Waals surface area contributed by atoms with Crippen molar-refractivity contribution in [2.45, 2.75) is 31.6 Å². The van der Waals surface area contributed by atoms with Gasteiger partial charge in [0, 0.05) is 6.42 Å². The Morgan fingerprint density at radius 2 is 1.14 bits per heavy atom. The van der Waals surface area contributed by atoms with Crippen LogP contribution in [0.4, 0.5) is 0 Å². The number of carbonyl (C=O) groups is 1. The van der Waals surface area contributed by atoms with E-state index < -0.39 is 5.41 Å². The number of ether oxygens (including phenoxy) is 1. The fraction of sp³-hybridized carbons (Fsp3) is 0.240. The minimum Gasteiger partial charge on any atom is -1.00 e. The molecule has 1 atom stereocenters. The molecule has 0 N–H and O–H groups in total. The first-order chi connectivity index (χ1) is 13.3. The topological polar surface area (TPSA) is 26.3 Å². The number of hydrogen-bond acceptors (Lipinski definition) is 2. The minimum atomic E-state index is -0.536. The van der Waals surface area contributed by atoms with E-state index in [2.05, 4.69) is 43.3 Å². The quantitative estimate of drug-likeness (QED) is 0.286. The van der Waals surface area contributed by atoms with Crippen LogP contribution < -0.4 is 17.0 Å². The van der Waals surface area contributed by atoms with Crippen molar-refractivity contribution in [1.82, 2.24) is 0 Å². The molecule has 29 heavy (non-hydrogen) atoms. The summed E-state index contributed by atoms with van der Waals surface area (Å²) in [6.45, 7) is 2.36. The maximum atomic E-state index is 12.3. The van der Waals surface area contributed by atoms with Crippen LogP contribution in [0.2, 0.25) is 0 Å². The first-order valence-electron chi connectivity index (χ1n) is 9.59. The van der Waals surface area contributed by atoms with Gasteiger partial charge >= 0.3 is 5.97 Å². The summed E-state index contributed by atoms with van der Waals surface area (Å²) < 4.78 is 5.83. The Kier molecular flexibility index (Phi) is 10.9. The first kappa shape index (κ1) is 25.1. The lowest BCUT2D eigenvalue weighted by Gasteiger charge is -2.35. The minimum absolute atomic E-state index is 0. The van der Waals surface area contributed by atoms with Crippen LogP contribution in [0.15, 0.2) is 91.0 Å². The van der Waals surface area contributed by atoms with E-state index >= 15 is 0 Å². The van der Waals surface area contributed by atoms with Gasteiger partial charge < -0.3 is 21.7 Å². The predicted octanol–water partition coefficient (Wildman–Crippen LogP) is 2.55. The molecule has 0 spiro atoms. The molecule has 0 radical (unpaired) electrons. The van der Waals surface area contributed by atoms with Crippen molar-refractivity contribution in [3.8, 4) is 0 Å². The van der Waals surface area contributed by atoms with Crippen molar-refractivity contribution in [2.24, 2.45) is 0 Å². The molecule has 154 valence electrons. The lowest BCUT2D eigenvalue weighted by atomic mass is 9.70. The van der Waals surface area contributed by atoms with E-state index in [1.807, 2.05) is 54.6 Å². The highest BCUT2D eigenvalue weighted by Gasteiger charge is 2.37. The number of benzene rings is 3. The summed E-state index contributed by atoms with van der Waals surface area (Å²) >= 11 is 0. The van der Waals surface area contributed by atoms with Crippen LogP contribution in [0.25, 0.3) is 0 Å². The van der Waals surface area contributed by atoms with E-state index in [4.69, 9.17) is 4.74 Å². The molecule has 4 heteroatoms. The monoisotopic (exact) mass is 472 g/mol. The van der Waals surface area contributed by atoms with Gasteiger partial charge in [0.1, 0.15) is 6.61 Å². The third kappa shape index (κ3) is 6.01. The largest absolute Gasteiger partial charge is 1.00 e. The van der Waals surface area contributed by atoms with Crippen LogP contribution in [0.5, 0.6) is 0 Å². The summed E-state index contributed by atoms with van der Waals surface area (Å²) in [7, 11) is 0. The maximum Gasteiger partial charge on any atom is 0.305 e. The SMILES string of the molecule is CCCCC(=O)OCC(c1ccccc1)(c1ccccc1)c1ccccc1.[Br-].[PH4+]. The second-order valence-electron chi connectivity index (χ2n) is 6.77. The van der Waals surface area contributed by atoms with Gasteiger partial charge in [0.15, 0.2) is 0 Å². The summed E-state index contributed by atoms with van der Waals surface area (Å²) in [5.74, 6) is -0.135. The number of esters is 1. The molecule has 0 saturated heterocycles. The molecule has 3 aromatic carbocycles. The third-order valence-corrected chi connectivity index (χ3v) is 4.98. The molecule has 0 saturated carbocycles. The summed E-state index contributed by atoms with van der Waals surface area (Å²) in [4.78, 5) is 12.3. The summed E-state index contributed by atoms with van der Waals surface area (Å²) in [6, 6.07) is 30.9. The zero-order chi connectivity index (χ0) is 19.0. The Morgan fingerprint density at radius 1 is 0.759 bits per heavy atom. The molecule has 3 aromatic rings. The van der Waals surface area contributed by atoms with Gasteiger partial charge in [-0.2, -0.15) is 0 Å². The number of halogens is 1. The second kappa shape index (κ2) is 12.6. The third-order valence-electron chi connectivity index (χ3n) is 4.98. The predicted molar refractivity (Wildman–Crippen MR) is 122 cm³/mol.